The Morgan fingerprint density at radius 1 is 1.12 bits per heavy atom. The molecule has 0 amide bonds. The van der Waals surface area contributed by atoms with E-state index in [1.807, 2.05) is 12.1 Å². The van der Waals surface area contributed by atoms with Gasteiger partial charge in [0.1, 0.15) is 5.82 Å². The molecular weight excluding hydrogens is 324 g/mol. The van der Waals surface area contributed by atoms with Crippen LogP contribution in [0.25, 0.3) is 11.4 Å². The van der Waals surface area contributed by atoms with Gasteiger partial charge in [-0.15, -0.1) is 0 Å². The smallest absolute Gasteiger partial charge is 0.255 e. The van der Waals surface area contributed by atoms with Crippen molar-refractivity contribution in [3.8, 4) is 11.4 Å². The number of pyridine rings is 1. The van der Waals surface area contributed by atoms with Crippen LogP contribution in [0.5, 0.6) is 0 Å². The van der Waals surface area contributed by atoms with Gasteiger partial charge in [-0.05, 0) is 42.7 Å². The van der Waals surface area contributed by atoms with Crippen LogP contribution in [0.2, 0.25) is 0 Å². The monoisotopic (exact) mass is 346 g/mol. The maximum atomic E-state index is 12.7. The molecule has 1 aliphatic heterocycles. The minimum atomic E-state index is -0.0342. The predicted octanol–water partition coefficient (Wildman–Crippen LogP) is 3.01. The van der Waals surface area contributed by atoms with Crippen LogP contribution in [0.1, 0.15) is 27.9 Å². The summed E-state index contributed by atoms with van der Waals surface area (Å²) in [6, 6.07) is 10.1. The molecule has 3 aromatic rings. The van der Waals surface area contributed by atoms with Gasteiger partial charge >= 0.3 is 0 Å². The van der Waals surface area contributed by atoms with E-state index in [4.69, 9.17) is 4.98 Å². The largest absolute Gasteiger partial charge is 0.306 e. The number of fused-ring (bicyclic) bond motifs is 1. The number of aromatic nitrogens is 3. The highest BCUT2D eigenvalue weighted by atomic mass is 16.1. The Labute approximate surface area is 152 Å². The van der Waals surface area contributed by atoms with Gasteiger partial charge in [-0.3, -0.25) is 14.7 Å². The van der Waals surface area contributed by atoms with Gasteiger partial charge < -0.3 is 4.98 Å². The third kappa shape index (κ3) is 3.18. The van der Waals surface area contributed by atoms with Crippen molar-refractivity contribution in [1.82, 2.24) is 19.9 Å². The molecule has 3 heterocycles. The van der Waals surface area contributed by atoms with Gasteiger partial charge in [-0.1, -0.05) is 18.2 Å². The summed E-state index contributed by atoms with van der Waals surface area (Å²) in [6.45, 7) is 6.71. The van der Waals surface area contributed by atoms with Crippen molar-refractivity contribution >= 4 is 0 Å². The molecule has 0 saturated heterocycles. The second-order valence-corrected chi connectivity index (χ2v) is 6.91. The lowest BCUT2D eigenvalue weighted by atomic mass is 10.0. The standard InChI is InChI=1S/C21H22N4O/c1-14-4-3-5-15(2)17(14)12-25-11-8-19-18(13-25)21(26)24-20(23-19)16-6-9-22-10-7-16/h3-7,9-10H,8,11-13H2,1-2H3,(H,23,24,26). The van der Waals surface area contributed by atoms with Gasteiger partial charge in [0.25, 0.3) is 5.56 Å². The Morgan fingerprint density at radius 3 is 2.58 bits per heavy atom. The van der Waals surface area contributed by atoms with Crippen LogP contribution >= 0.6 is 0 Å². The van der Waals surface area contributed by atoms with E-state index in [1.165, 1.54) is 16.7 Å². The fourth-order valence-corrected chi connectivity index (χ4v) is 3.58. The van der Waals surface area contributed by atoms with E-state index < -0.39 is 0 Å². The Morgan fingerprint density at radius 2 is 1.85 bits per heavy atom. The van der Waals surface area contributed by atoms with E-state index in [-0.39, 0.29) is 5.56 Å². The summed E-state index contributed by atoms with van der Waals surface area (Å²) in [5.74, 6) is 0.624. The second-order valence-electron chi connectivity index (χ2n) is 6.91. The number of aromatic amines is 1. The Balaban J connectivity index is 1.61. The zero-order chi connectivity index (χ0) is 18.1. The number of nitrogens with one attached hydrogen (secondary N) is 1. The zero-order valence-corrected chi connectivity index (χ0v) is 15.1. The number of rotatable bonds is 3. The number of H-pyrrole nitrogens is 1. The van der Waals surface area contributed by atoms with E-state index >= 15 is 0 Å². The van der Waals surface area contributed by atoms with Crippen molar-refractivity contribution in [3.05, 3.63) is 81.0 Å². The molecular formula is C21H22N4O. The van der Waals surface area contributed by atoms with E-state index in [0.29, 0.717) is 12.4 Å². The summed E-state index contributed by atoms with van der Waals surface area (Å²) in [5, 5.41) is 0. The van der Waals surface area contributed by atoms with Crippen molar-refractivity contribution in [1.29, 1.82) is 0 Å². The molecule has 0 unspecified atom stereocenters. The SMILES string of the molecule is Cc1cccc(C)c1CN1CCc2nc(-c3ccncc3)[nH]c(=O)c2C1. The summed E-state index contributed by atoms with van der Waals surface area (Å²) in [5.41, 5.74) is 6.52. The summed E-state index contributed by atoms with van der Waals surface area (Å²) in [4.78, 5) is 26.7. The van der Waals surface area contributed by atoms with Crippen LogP contribution in [0, 0.1) is 13.8 Å². The van der Waals surface area contributed by atoms with Crippen molar-refractivity contribution in [2.75, 3.05) is 6.54 Å². The van der Waals surface area contributed by atoms with Crippen LogP contribution in [0.15, 0.2) is 47.5 Å². The zero-order valence-electron chi connectivity index (χ0n) is 15.1. The molecule has 1 aromatic carbocycles. The van der Waals surface area contributed by atoms with Gasteiger partial charge in [0.2, 0.25) is 0 Å². The number of aryl methyl sites for hydroxylation is 2. The van der Waals surface area contributed by atoms with E-state index in [1.54, 1.807) is 12.4 Å². The Bertz CT molecular complexity index is 974. The van der Waals surface area contributed by atoms with E-state index in [0.717, 1.165) is 36.3 Å². The minimum Gasteiger partial charge on any atom is -0.306 e. The molecule has 4 rings (SSSR count). The fourth-order valence-electron chi connectivity index (χ4n) is 3.58. The van der Waals surface area contributed by atoms with Gasteiger partial charge in [0.05, 0.1) is 11.3 Å². The van der Waals surface area contributed by atoms with Crippen LogP contribution < -0.4 is 5.56 Å². The number of hydrogen-bond donors (Lipinski definition) is 1. The van der Waals surface area contributed by atoms with Crippen LogP contribution in [-0.2, 0) is 19.5 Å². The molecule has 1 N–H and O–H groups in total. The van der Waals surface area contributed by atoms with Crippen molar-refractivity contribution in [3.63, 3.8) is 0 Å². The van der Waals surface area contributed by atoms with Gasteiger partial charge in [0, 0.05) is 44.0 Å². The number of hydrogen-bond acceptors (Lipinski definition) is 4. The third-order valence-corrected chi connectivity index (χ3v) is 5.13. The lowest BCUT2D eigenvalue weighted by Gasteiger charge is -2.28. The first-order chi connectivity index (χ1) is 12.6. The van der Waals surface area contributed by atoms with Crippen molar-refractivity contribution in [2.45, 2.75) is 33.4 Å². The third-order valence-electron chi connectivity index (χ3n) is 5.13. The van der Waals surface area contributed by atoms with Crippen LogP contribution in [0.3, 0.4) is 0 Å². The number of benzene rings is 1. The van der Waals surface area contributed by atoms with Crippen LogP contribution in [-0.4, -0.2) is 26.4 Å². The maximum absolute atomic E-state index is 12.7. The predicted molar refractivity (Wildman–Crippen MR) is 102 cm³/mol. The number of nitrogens with zero attached hydrogens (tertiary/aromatic N) is 3. The molecule has 0 radical (unpaired) electrons. The summed E-state index contributed by atoms with van der Waals surface area (Å²) >= 11 is 0. The highest BCUT2D eigenvalue weighted by Crippen LogP contribution is 2.22. The summed E-state index contributed by atoms with van der Waals surface area (Å²) in [6.07, 6.45) is 4.21. The fraction of sp³-hybridized carbons (Fsp3) is 0.286. The molecule has 0 spiro atoms. The van der Waals surface area contributed by atoms with Crippen molar-refractivity contribution < 1.29 is 0 Å². The molecule has 132 valence electrons. The maximum Gasteiger partial charge on any atom is 0.255 e. The molecule has 0 bridgehead atoms. The van der Waals surface area contributed by atoms with Gasteiger partial charge in [-0.2, -0.15) is 0 Å². The molecule has 2 aromatic heterocycles. The highest BCUT2D eigenvalue weighted by molar-refractivity contribution is 5.54. The van der Waals surface area contributed by atoms with Crippen LogP contribution in [0.4, 0.5) is 0 Å². The van der Waals surface area contributed by atoms with Crippen molar-refractivity contribution in [2.24, 2.45) is 0 Å². The molecule has 26 heavy (non-hydrogen) atoms. The first kappa shape index (κ1) is 16.7. The van der Waals surface area contributed by atoms with Gasteiger partial charge in [0.15, 0.2) is 0 Å². The highest BCUT2D eigenvalue weighted by Gasteiger charge is 2.22. The Kier molecular flexibility index (Phi) is 4.39. The molecule has 5 nitrogen and oxygen atoms in total. The lowest BCUT2D eigenvalue weighted by Crippen LogP contribution is -2.35. The molecule has 0 aliphatic carbocycles. The average Bonchev–Trinajstić information content (AvgIpc) is 2.66. The quantitative estimate of drug-likeness (QED) is 0.792. The molecule has 0 fully saturated rings. The summed E-state index contributed by atoms with van der Waals surface area (Å²) < 4.78 is 0. The molecule has 0 saturated carbocycles. The molecule has 5 heteroatoms. The topological polar surface area (TPSA) is 61.9 Å². The molecule has 0 atom stereocenters. The average molecular weight is 346 g/mol. The summed E-state index contributed by atoms with van der Waals surface area (Å²) in [7, 11) is 0. The molecule has 1 aliphatic rings. The van der Waals surface area contributed by atoms with E-state index in [9.17, 15) is 4.79 Å². The minimum absolute atomic E-state index is 0.0342. The Hall–Kier alpha value is -2.79. The van der Waals surface area contributed by atoms with Gasteiger partial charge in [-0.25, -0.2) is 4.98 Å². The first-order valence-electron chi connectivity index (χ1n) is 8.92. The van der Waals surface area contributed by atoms with E-state index in [2.05, 4.69) is 46.9 Å². The second kappa shape index (κ2) is 6.84. The first-order valence-corrected chi connectivity index (χ1v) is 8.92. The lowest BCUT2D eigenvalue weighted by molar-refractivity contribution is 0.241. The normalized spacial score (nSPS) is 14.2.